The number of halogens is 2. The molecule has 0 radical (unpaired) electrons. The van der Waals surface area contributed by atoms with Gasteiger partial charge in [0, 0.05) is 34.6 Å². The molecule has 7 nitrogen and oxygen atoms in total. The van der Waals surface area contributed by atoms with Crippen molar-refractivity contribution < 1.29 is 9.53 Å². The van der Waals surface area contributed by atoms with E-state index in [4.69, 9.17) is 32.9 Å². The Labute approximate surface area is 246 Å². The lowest BCUT2D eigenvalue weighted by Gasteiger charge is -2.26. The number of fused-ring (bicyclic) bond motifs is 2. The average molecular weight is 585 g/mol. The minimum atomic E-state index is -0.721. The summed E-state index contributed by atoms with van der Waals surface area (Å²) in [5, 5.41) is 1.15. The zero-order chi connectivity index (χ0) is 28.7. The first kappa shape index (κ1) is 26.9. The number of amides is 1. The lowest BCUT2D eigenvalue weighted by atomic mass is 9.99. The molecule has 0 spiro atoms. The molecule has 5 aromatic rings. The van der Waals surface area contributed by atoms with Gasteiger partial charge in [0.2, 0.25) is 0 Å². The number of ether oxygens (including phenoxy) is 1. The third-order valence-corrected chi connectivity index (χ3v) is 7.85. The lowest BCUT2D eigenvalue weighted by Crippen LogP contribution is -2.38. The van der Waals surface area contributed by atoms with Crippen molar-refractivity contribution in [2.24, 2.45) is 12.0 Å². The summed E-state index contributed by atoms with van der Waals surface area (Å²) in [4.78, 5) is 36.4. The predicted molar refractivity (Wildman–Crippen MR) is 164 cm³/mol. The number of carbonyl (C=O) groups excluding carboxylic acids is 1. The normalized spacial score (nSPS) is 15.0. The monoisotopic (exact) mass is 584 g/mol. The number of benzodiazepines with no additional fused rings is 1. The van der Waals surface area contributed by atoms with Crippen LogP contribution in [0.25, 0.3) is 11.0 Å². The Hall–Kier alpha value is -4.33. The molecule has 6 rings (SSSR count). The van der Waals surface area contributed by atoms with Crippen molar-refractivity contribution in [3.8, 4) is 5.75 Å². The number of imidazole rings is 1. The molecule has 1 N–H and O–H groups in total. The summed E-state index contributed by atoms with van der Waals surface area (Å²) in [7, 11) is 3.34. The molecule has 41 heavy (non-hydrogen) atoms. The van der Waals surface area contributed by atoms with Gasteiger partial charge in [-0.2, -0.15) is 0 Å². The third-order valence-electron chi connectivity index (χ3n) is 7.36. The first-order valence-corrected chi connectivity index (χ1v) is 13.8. The third kappa shape index (κ3) is 5.26. The van der Waals surface area contributed by atoms with E-state index in [-0.39, 0.29) is 11.6 Å². The minimum Gasteiger partial charge on any atom is -0.497 e. The number of H-pyrrole nitrogens is 1. The van der Waals surface area contributed by atoms with Crippen molar-refractivity contribution in [2.75, 3.05) is 12.0 Å². The Morgan fingerprint density at radius 3 is 2.32 bits per heavy atom. The number of aryl methyl sites for hydroxylation is 1. The van der Waals surface area contributed by atoms with E-state index in [0.29, 0.717) is 34.4 Å². The maximum Gasteiger partial charge on any atom is 0.326 e. The number of hydrogen-bond acceptors (Lipinski definition) is 4. The molecule has 4 aromatic carbocycles. The fourth-order valence-corrected chi connectivity index (χ4v) is 5.46. The fourth-order valence-electron chi connectivity index (χ4n) is 5.17. The molecule has 1 aliphatic rings. The summed E-state index contributed by atoms with van der Waals surface area (Å²) < 4.78 is 6.88. The van der Waals surface area contributed by atoms with Gasteiger partial charge in [-0.1, -0.05) is 53.5 Å². The molecule has 0 bridgehead atoms. The van der Waals surface area contributed by atoms with Crippen LogP contribution in [0.1, 0.15) is 22.3 Å². The van der Waals surface area contributed by atoms with Gasteiger partial charge in [0.05, 0.1) is 36.1 Å². The molecule has 1 unspecified atom stereocenters. The van der Waals surface area contributed by atoms with Crippen molar-refractivity contribution in [3.63, 3.8) is 0 Å². The van der Waals surface area contributed by atoms with E-state index in [1.165, 1.54) is 0 Å². The maximum absolute atomic E-state index is 14.3. The smallest absolute Gasteiger partial charge is 0.326 e. The van der Waals surface area contributed by atoms with Gasteiger partial charge in [0.15, 0.2) is 0 Å². The second-order valence-corrected chi connectivity index (χ2v) is 10.9. The number of methoxy groups -OCH3 is 1. The molecule has 1 amide bonds. The molecule has 9 heteroatoms. The fraction of sp³-hybridized carbons (Fsp3) is 0.156. The van der Waals surface area contributed by atoms with Gasteiger partial charge < -0.3 is 14.6 Å². The molecular formula is C32H26Cl2N4O3. The summed E-state index contributed by atoms with van der Waals surface area (Å²) in [5.74, 6) is 0.605. The quantitative estimate of drug-likeness (QED) is 0.259. The van der Waals surface area contributed by atoms with Crippen molar-refractivity contribution in [2.45, 2.75) is 19.0 Å². The van der Waals surface area contributed by atoms with E-state index in [1.807, 2.05) is 78.9 Å². The molecule has 0 fully saturated rings. The Bertz CT molecular complexity index is 1860. The van der Waals surface area contributed by atoms with Gasteiger partial charge in [-0.25, -0.2) is 4.79 Å². The van der Waals surface area contributed by atoms with Crippen molar-refractivity contribution >= 4 is 51.5 Å². The second kappa shape index (κ2) is 10.9. The first-order valence-electron chi connectivity index (χ1n) is 13.1. The van der Waals surface area contributed by atoms with Crippen molar-refractivity contribution in [3.05, 3.63) is 128 Å². The van der Waals surface area contributed by atoms with Gasteiger partial charge in [0.1, 0.15) is 11.8 Å². The number of rotatable bonds is 6. The zero-order valence-electron chi connectivity index (χ0n) is 22.4. The van der Waals surface area contributed by atoms with E-state index in [0.717, 1.165) is 39.0 Å². The highest BCUT2D eigenvalue weighted by Crippen LogP contribution is 2.33. The largest absolute Gasteiger partial charge is 0.497 e. The highest BCUT2D eigenvalue weighted by molar-refractivity contribution is 6.32. The van der Waals surface area contributed by atoms with E-state index in [1.54, 1.807) is 29.7 Å². The van der Waals surface area contributed by atoms with E-state index >= 15 is 0 Å². The van der Waals surface area contributed by atoms with Crippen LogP contribution in [-0.2, 0) is 24.8 Å². The number of nitrogens with one attached hydrogen (secondary N) is 1. The zero-order valence-corrected chi connectivity index (χ0v) is 23.9. The highest BCUT2D eigenvalue weighted by Gasteiger charge is 2.32. The topological polar surface area (TPSA) is 79.7 Å². The van der Waals surface area contributed by atoms with Crippen LogP contribution < -0.4 is 15.3 Å². The molecule has 1 atom stereocenters. The number of anilines is 1. The predicted octanol–water partition coefficient (Wildman–Crippen LogP) is 6.18. The molecule has 1 aromatic heterocycles. The Balaban J connectivity index is 1.52. The molecule has 206 valence electrons. The van der Waals surface area contributed by atoms with Gasteiger partial charge in [-0.3, -0.25) is 14.4 Å². The van der Waals surface area contributed by atoms with Crippen LogP contribution in [0.4, 0.5) is 5.69 Å². The summed E-state index contributed by atoms with van der Waals surface area (Å²) >= 11 is 12.7. The van der Waals surface area contributed by atoms with E-state index in [2.05, 4.69) is 4.98 Å². The van der Waals surface area contributed by atoms with Gasteiger partial charge in [0.25, 0.3) is 5.91 Å². The van der Waals surface area contributed by atoms with Crippen LogP contribution in [0.15, 0.2) is 94.7 Å². The van der Waals surface area contributed by atoms with Gasteiger partial charge >= 0.3 is 5.69 Å². The highest BCUT2D eigenvalue weighted by atomic mass is 35.5. The second-order valence-electron chi connectivity index (χ2n) is 9.98. The standard InChI is InChI=1S/C32H26Cl2N4O3/c1-37-29-16-21(7-13-26(29)36-32(37)40)30-25-17-23(34)10-14-28(25)38(18-20-5-11-24(41-2)12-6-20)31(39)27(35-30)15-19-3-8-22(33)9-4-19/h3-14,16-17,27H,15,18H2,1-2H3,(H,36,40). The summed E-state index contributed by atoms with van der Waals surface area (Å²) in [5.41, 5.74) is 5.97. The summed E-state index contributed by atoms with van der Waals surface area (Å²) in [6.45, 7) is 0.336. The Morgan fingerprint density at radius 2 is 1.59 bits per heavy atom. The number of carbonyl (C=O) groups is 1. The Kier molecular flexibility index (Phi) is 7.15. The lowest BCUT2D eigenvalue weighted by molar-refractivity contribution is -0.119. The maximum atomic E-state index is 14.3. The summed E-state index contributed by atoms with van der Waals surface area (Å²) in [6, 6.07) is 25.5. The van der Waals surface area contributed by atoms with Crippen molar-refractivity contribution in [1.82, 2.24) is 9.55 Å². The number of aromatic amines is 1. The molecular weight excluding hydrogens is 559 g/mol. The van der Waals surface area contributed by atoms with Crippen molar-refractivity contribution in [1.29, 1.82) is 0 Å². The first-order chi connectivity index (χ1) is 19.8. The molecule has 0 aliphatic carbocycles. The van der Waals surface area contributed by atoms with E-state index in [9.17, 15) is 9.59 Å². The van der Waals surface area contributed by atoms with Crippen LogP contribution in [0.5, 0.6) is 5.75 Å². The molecule has 2 heterocycles. The van der Waals surface area contributed by atoms with Crippen LogP contribution >= 0.6 is 23.2 Å². The number of nitrogens with zero attached hydrogens (tertiary/aromatic N) is 3. The van der Waals surface area contributed by atoms with Crippen LogP contribution in [-0.4, -0.2) is 34.3 Å². The SMILES string of the molecule is COc1ccc(CN2C(=O)C(Cc3ccc(Cl)cc3)N=C(c3ccc4[nH]c(=O)n(C)c4c3)c3cc(Cl)ccc32)cc1. The van der Waals surface area contributed by atoms with Crippen LogP contribution in [0.2, 0.25) is 10.0 Å². The average Bonchev–Trinajstić information content (AvgIpc) is 3.21. The van der Waals surface area contributed by atoms with E-state index < -0.39 is 6.04 Å². The number of hydrogen-bond donors (Lipinski definition) is 1. The number of aromatic nitrogens is 2. The number of benzene rings is 4. The minimum absolute atomic E-state index is 0.135. The van der Waals surface area contributed by atoms with Gasteiger partial charge in [-0.05, 0) is 65.7 Å². The summed E-state index contributed by atoms with van der Waals surface area (Å²) in [6.07, 6.45) is 0.380. The van der Waals surface area contributed by atoms with Crippen LogP contribution in [0.3, 0.4) is 0 Å². The molecule has 0 saturated heterocycles. The molecule has 1 aliphatic heterocycles. The van der Waals surface area contributed by atoms with Gasteiger partial charge in [-0.15, -0.1) is 0 Å². The number of aliphatic imine (C=N–C) groups is 1. The molecule has 0 saturated carbocycles. The Morgan fingerprint density at radius 1 is 0.878 bits per heavy atom. The van der Waals surface area contributed by atoms with Crippen LogP contribution in [0, 0.1) is 0 Å².